The summed E-state index contributed by atoms with van der Waals surface area (Å²) in [6.45, 7) is 4.16. The summed E-state index contributed by atoms with van der Waals surface area (Å²) in [7, 11) is 5.76. The van der Waals surface area contributed by atoms with Crippen LogP contribution in [0, 0.1) is 0 Å². The Bertz CT molecular complexity index is 1420. The van der Waals surface area contributed by atoms with Crippen molar-refractivity contribution in [2.75, 3.05) is 46.0 Å². The smallest absolute Gasteiger partial charge is 0.386 e. The Balaban J connectivity index is 0.00000108. The molecule has 10 nitrogen and oxygen atoms in total. The second kappa shape index (κ2) is 14.0. The van der Waals surface area contributed by atoms with Gasteiger partial charge in [-0.15, -0.1) is 0 Å². The molecule has 0 radical (unpaired) electrons. The Morgan fingerprint density at radius 2 is 1.73 bits per heavy atom. The first-order valence-corrected chi connectivity index (χ1v) is 13.0. The summed E-state index contributed by atoms with van der Waals surface area (Å²) in [6.07, 6.45) is -4.00. The van der Waals surface area contributed by atoms with Crippen LogP contribution in [0.1, 0.15) is 34.5 Å². The Kier molecular flexibility index (Phi) is 11.3. The topological polar surface area (TPSA) is 145 Å². The van der Waals surface area contributed by atoms with Crippen molar-refractivity contribution in [3.05, 3.63) is 47.7 Å². The summed E-state index contributed by atoms with van der Waals surface area (Å²) in [6, 6.07) is 6.46. The van der Waals surface area contributed by atoms with Gasteiger partial charge in [0.25, 0.3) is 5.91 Å². The molecule has 1 unspecified atom stereocenters. The number of esters is 1. The zero-order valence-electron chi connectivity index (χ0n) is 23.0. The third-order valence-electron chi connectivity index (χ3n) is 5.79. The first-order valence-electron chi connectivity index (χ1n) is 11.8. The van der Waals surface area contributed by atoms with Crippen molar-refractivity contribution in [3.63, 3.8) is 0 Å². The van der Waals surface area contributed by atoms with Crippen LogP contribution in [-0.4, -0.2) is 68.5 Å². The molecule has 0 fully saturated rings. The number of halogens is 4. The van der Waals surface area contributed by atoms with Gasteiger partial charge < -0.3 is 40.1 Å². The quantitative estimate of drug-likeness (QED) is 0.0779. The Morgan fingerprint density at radius 1 is 1.12 bits per heavy atom. The lowest BCUT2D eigenvalue weighted by Crippen LogP contribution is -2.30. The van der Waals surface area contributed by atoms with Gasteiger partial charge in [0.15, 0.2) is 11.5 Å². The number of anilines is 1. The predicted molar refractivity (Wildman–Crippen MR) is 152 cm³/mol. The number of H-pyrrole nitrogens is 1. The van der Waals surface area contributed by atoms with Gasteiger partial charge >= 0.3 is 12.1 Å². The van der Waals surface area contributed by atoms with Gasteiger partial charge in [0.1, 0.15) is 11.4 Å². The van der Waals surface area contributed by atoms with Crippen molar-refractivity contribution in [2.45, 2.75) is 19.0 Å². The third kappa shape index (κ3) is 7.99. The summed E-state index contributed by atoms with van der Waals surface area (Å²) >= 11 is 3.47. The first-order chi connectivity index (χ1) is 19.2. The Hall–Kier alpha value is -4.07. The number of phenolic OH excluding ortho intramolecular Hbond substituents is 1. The number of aromatic amines is 1. The molecule has 1 aromatic heterocycles. The van der Waals surface area contributed by atoms with Crippen molar-refractivity contribution >= 4 is 50.0 Å². The number of benzene rings is 2. The lowest BCUT2D eigenvalue weighted by Gasteiger charge is -2.21. The standard InChI is InChI=1S/C25H28BrN3O7.C2H3F3/c1-12(25(32)36-5)20-14(6-7-18(30)21(20)27)13(10-26)11-28-24(31)17-8-15-16(29-17)9-19(33-2)23(35-4)22(15)34-3;1-2(3,4)5/h6-9,13,29-30H,1,10-11,27H2,2-5H3,(H,28,31);1H3. The number of nitrogens with one attached hydrogen (secondary N) is 2. The zero-order valence-corrected chi connectivity index (χ0v) is 24.6. The van der Waals surface area contributed by atoms with Gasteiger partial charge in [-0.2, -0.15) is 13.2 Å². The van der Waals surface area contributed by atoms with Crippen molar-refractivity contribution in [2.24, 2.45) is 0 Å². The van der Waals surface area contributed by atoms with E-state index in [0.717, 1.165) is 0 Å². The van der Waals surface area contributed by atoms with Crippen LogP contribution in [0.5, 0.6) is 23.0 Å². The SMILES string of the molecule is C=C(C(=O)OC)c1c(C(CBr)CNC(=O)c2cc3c(OC)c(OC)c(OC)cc3[nH]2)ccc(O)c1N.CC(F)(F)F. The summed E-state index contributed by atoms with van der Waals surface area (Å²) < 4.78 is 52.1. The average Bonchev–Trinajstić information content (AvgIpc) is 3.36. The van der Waals surface area contributed by atoms with E-state index >= 15 is 0 Å². The minimum atomic E-state index is -4.00. The lowest BCUT2D eigenvalue weighted by atomic mass is 9.90. The van der Waals surface area contributed by atoms with E-state index < -0.39 is 12.1 Å². The van der Waals surface area contributed by atoms with Crippen molar-refractivity contribution in [3.8, 4) is 23.0 Å². The van der Waals surface area contributed by atoms with Crippen molar-refractivity contribution in [1.82, 2.24) is 10.3 Å². The number of hydrogen-bond donors (Lipinski definition) is 4. The fraction of sp³-hybridized carbons (Fsp3) is 0.333. The summed E-state index contributed by atoms with van der Waals surface area (Å²) in [5.41, 5.74) is 7.91. The van der Waals surface area contributed by atoms with E-state index in [9.17, 15) is 27.9 Å². The molecule has 0 saturated heterocycles. The molecule has 0 aliphatic carbocycles. The predicted octanol–water partition coefficient (Wildman–Crippen LogP) is 5.14. The third-order valence-corrected chi connectivity index (χ3v) is 6.58. The van der Waals surface area contributed by atoms with Crippen molar-refractivity contribution < 1.29 is 46.8 Å². The van der Waals surface area contributed by atoms with Gasteiger partial charge in [0.2, 0.25) is 5.75 Å². The number of ether oxygens (including phenoxy) is 4. The second-order valence-corrected chi connectivity index (χ2v) is 9.21. The molecule has 14 heteroatoms. The molecule has 0 aliphatic rings. The van der Waals surface area contributed by atoms with Crippen LogP contribution in [0.4, 0.5) is 18.9 Å². The number of alkyl halides is 4. The molecule has 41 heavy (non-hydrogen) atoms. The number of aromatic nitrogens is 1. The summed E-state index contributed by atoms with van der Waals surface area (Å²) in [5, 5.41) is 14.1. The van der Waals surface area contributed by atoms with Crippen LogP contribution in [0.2, 0.25) is 0 Å². The molecule has 0 aliphatic heterocycles. The number of rotatable bonds is 10. The highest BCUT2D eigenvalue weighted by Gasteiger charge is 2.25. The largest absolute Gasteiger partial charge is 0.506 e. The highest BCUT2D eigenvalue weighted by Crippen LogP contribution is 2.43. The maximum absolute atomic E-state index is 13.1. The monoisotopic (exact) mass is 645 g/mol. The molecule has 1 heterocycles. The minimum Gasteiger partial charge on any atom is -0.506 e. The van der Waals surface area contributed by atoms with Crippen LogP contribution in [0.3, 0.4) is 0 Å². The lowest BCUT2D eigenvalue weighted by molar-refractivity contribution is -0.133. The average molecular weight is 646 g/mol. The molecule has 0 spiro atoms. The number of aromatic hydroxyl groups is 1. The van der Waals surface area contributed by atoms with Crippen LogP contribution < -0.4 is 25.3 Å². The number of fused-ring (bicyclic) bond motifs is 1. The summed E-state index contributed by atoms with van der Waals surface area (Å²) in [5.74, 6) is -0.229. The van der Waals surface area contributed by atoms with E-state index in [1.54, 1.807) is 18.2 Å². The zero-order chi connectivity index (χ0) is 31.1. The highest BCUT2D eigenvalue weighted by atomic mass is 79.9. The molecule has 1 atom stereocenters. The molecule has 1 amide bonds. The number of methoxy groups -OCH3 is 4. The van der Waals surface area contributed by atoms with E-state index in [-0.39, 0.29) is 47.9 Å². The minimum absolute atomic E-state index is 0.00350. The Labute approximate surface area is 242 Å². The number of hydrogen-bond acceptors (Lipinski definition) is 8. The first kappa shape index (κ1) is 33.1. The molecule has 224 valence electrons. The number of carbonyl (C=O) groups excluding carboxylic acids is 2. The molecule has 5 N–H and O–H groups in total. The molecule has 0 bridgehead atoms. The molecule has 0 saturated carbocycles. The Morgan fingerprint density at radius 3 is 2.24 bits per heavy atom. The molecule has 3 aromatic rings. The van der Waals surface area contributed by atoms with Gasteiger partial charge in [-0.1, -0.05) is 28.6 Å². The van der Waals surface area contributed by atoms with Crippen LogP contribution >= 0.6 is 15.9 Å². The van der Waals surface area contributed by atoms with E-state index in [0.29, 0.717) is 44.7 Å². The molecule has 3 rings (SSSR count). The van der Waals surface area contributed by atoms with Gasteiger partial charge in [-0.05, 0) is 17.7 Å². The number of carbonyl (C=O) groups is 2. The van der Waals surface area contributed by atoms with Gasteiger partial charge in [0, 0.05) is 41.7 Å². The fourth-order valence-electron chi connectivity index (χ4n) is 3.96. The molecular weight excluding hydrogens is 615 g/mol. The number of nitrogen functional groups attached to an aromatic ring is 1. The molecular formula is C27H31BrF3N3O7. The number of nitrogens with two attached hydrogens (primary N) is 1. The van der Waals surface area contributed by atoms with E-state index in [2.05, 4.69) is 32.8 Å². The highest BCUT2D eigenvalue weighted by molar-refractivity contribution is 9.09. The van der Waals surface area contributed by atoms with Crippen LogP contribution in [0.25, 0.3) is 16.5 Å². The van der Waals surface area contributed by atoms with Gasteiger partial charge in [0.05, 0.1) is 45.2 Å². The summed E-state index contributed by atoms with van der Waals surface area (Å²) in [4.78, 5) is 28.3. The van der Waals surface area contributed by atoms with Gasteiger partial charge in [-0.25, -0.2) is 4.79 Å². The maximum atomic E-state index is 13.1. The van der Waals surface area contributed by atoms with E-state index in [1.165, 1.54) is 34.5 Å². The van der Waals surface area contributed by atoms with E-state index in [1.807, 2.05) is 0 Å². The van der Waals surface area contributed by atoms with E-state index in [4.69, 9.17) is 24.7 Å². The van der Waals surface area contributed by atoms with Crippen molar-refractivity contribution in [1.29, 1.82) is 0 Å². The molecule has 2 aromatic carbocycles. The van der Waals surface area contributed by atoms with Gasteiger partial charge in [-0.3, -0.25) is 4.79 Å². The normalized spacial score (nSPS) is 11.6. The van der Waals surface area contributed by atoms with Crippen LogP contribution in [0.15, 0.2) is 30.8 Å². The second-order valence-electron chi connectivity index (χ2n) is 8.56. The number of amides is 1. The fourth-order valence-corrected chi connectivity index (χ4v) is 4.54. The number of phenols is 1. The van der Waals surface area contributed by atoms with Crippen LogP contribution in [-0.2, 0) is 9.53 Å². The maximum Gasteiger partial charge on any atom is 0.386 e.